The number of nitrogens with zero attached hydrogens (tertiary/aromatic N) is 4. The molecule has 0 aliphatic rings. The van der Waals surface area contributed by atoms with Gasteiger partial charge in [0.15, 0.2) is 0 Å². The first kappa shape index (κ1) is 23.8. The quantitative estimate of drug-likeness (QED) is 0.423. The first-order valence-corrected chi connectivity index (χ1v) is 11.3. The van der Waals surface area contributed by atoms with Crippen molar-refractivity contribution >= 4 is 39.3 Å². The Hall–Kier alpha value is -3.87. The van der Waals surface area contributed by atoms with Gasteiger partial charge in [0.2, 0.25) is 16.0 Å². The van der Waals surface area contributed by atoms with Crippen molar-refractivity contribution < 1.29 is 27.1 Å². The molecule has 0 aliphatic heterocycles. The van der Waals surface area contributed by atoms with E-state index in [-0.39, 0.29) is 29.7 Å². The number of halogens is 2. The second-order valence-electron chi connectivity index (χ2n) is 6.88. The van der Waals surface area contributed by atoms with E-state index in [2.05, 4.69) is 25.6 Å². The maximum absolute atomic E-state index is 13.5. The minimum Gasteiger partial charge on any atom is -0.478 e. The fourth-order valence-corrected chi connectivity index (χ4v) is 3.24. The average Bonchev–Trinajstić information content (AvgIpc) is 2.77. The molecule has 0 spiro atoms. The first-order chi connectivity index (χ1) is 15.6. The lowest BCUT2D eigenvalue weighted by Crippen LogP contribution is -2.27. The number of alkyl halides is 2. The van der Waals surface area contributed by atoms with Gasteiger partial charge in [-0.1, -0.05) is 6.07 Å². The summed E-state index contributed by atoms with van der Waals surface area (Å²) in [5, 5.41) is 14.6. The summed E-state index contributed by atoms with van der Waals surface area (Å²) in [7, 11) is -2.24. The van der Waals surface area contributed by atoms with Crippen LogP contribution in [0, 0.1) is 0 Å². The summed E-state index contributed by atoms with van der Waals surface area (Å²) in [4.78, 5) is 23.0. The highest BCUT2D eigenvalue weighted by Gasteiger charge is 2.19. The van der Waals surface area contributed by atoms with Crippen LogP contribution in [0.2, 0.25) is 0 Å². The van der Waals surface area contributed by atoms with Crippen molar-refractivity contribution in [2.45, 2.75) is 13.0 Å². The van der Waals surface area contributed by atoms with Gasteiger partial charge in [-0.3, -0.25) is 4.31 Å². The summed E-state index contributed by atoms with van der Waals surface area (Å²) in [6, 6.07) is 8.94. The van der Waals surface area contributed by atoms with E-state index in [4.69, 9.17) is 5.11 Å². The fourth-order valence-electron chi connectivity index (χ4n) is 2.77. The third kappa shape index (κ3) is 5.88. The number of carboxylic acids is 1. The highest BCUT2D eigenvalue weighted by atomic mass is 32.2. The molecule has 3 rings (SSSR count). The number of carbonyl (C=O) groups is 1. The molecule has 0 fully saturated rings. The largest absolute Gasteiger partial charge is 0.478 e. The fraction of sp³-hybridized carbons (Fsp3) is 0.200. The molecular weight excluding hydrogens is 458 g/mol. The smallest absolute Gasteiger partial charge is 0.335 e. The van der Waals surface area contributed by atoms with Gasteiger partial charge in [0, 0.05) is 37.2 Å². The van der Waals surface area contributed by atoms with Gasteiger partial charge in [-0.05, 0) is 30.3 Å². The molecule has 0 saturated heterocycles. The van der Waals surface area contributed by atoms with Crippen LogP contribution in [0.15, 0.2) is 48.8 Å². The minimum atomic E-state index is -3.58. The number of anilines is 4. The molecule has 0 bridgehead atoms. The Kier molecular flexibility index (Phi) is 7.01. The van der Waals surface area contributed by atoms with Crippen molar-refractivity contribution in [2.24, 2.45) is 0 Å². The van der Waals surface area contributed by atoms with E-state index in [1.165, 1.54) is 37.5 Å². The van der Waals surface area contributed by atoms with Crippen molar-refractivity contribution in [2.75, 3.05) is 28.2 Å². The number of hydrogen-bond acceptors (Lipinski definition) is 8. The van der Waals surface area contributed by atoms with E-state index >= 15 is 0 Å². The number of rotatable bonds is 9. The Morgan fingerprint density at radius 2 is 1.88 bits per heavy atom. The Morgan fingerprint density at radius 3 is 2.48 bits per heavy atom. The Morgan fingerprint density at radius 1 is 1.18 bits per heavy atom. The lowest BCUT2D eigenvalue weighted by molar-refractivity contribution is 0.0697. The molecule has 2 aromatic heterocycles. The zero-order valence-corrected chi connectivity index (χ0v) is 18.3. The molecule has 0 radical (unpaired) electrons. The highest BCUT2D eigenvalue weighted by Crippen LogP contribution is 2.28. The Labute approximate surface area is 188 Å². The number of carboxylic acid groups (broad SMARTS) is 1. The van der Waals surface area contributed by atoms with E-state index in [1.807, 2.05) is 0 Å². The molecule has 0 amide bonds. The van der Waals surface area contributed by atoms with Crippen LogP contribution in [0.4, 0.5) is 32.1 Å². The molecule has 0 unspecified atom stereocenters. The number of hydrogen-bond donors (Lipinski definition) is 3. The van der Waals surface area contributed by atoms with Gasteiger partial charge in [-0.15, -0.1) is 0 Å². The summed E-state index contributed by atoms with van der Waals surface area (Å²) in [6.45, 7) is -0.0352. The van der Waals surface area contributed by atoms with Crippen molar-refractivity contribution in [3.8, 4) is 0 Å². The molecule has 3 aromatic rings. The molecule has 0 atom stereocenters. The molecule has 2 heterocycles. The minimum absolute atomic E-state index is 0.00430. The Bertz CT molecular complexity index is 1260. The predicted molar refractivity (Wildman–Crippen MR) is 118 cm³/mol. The van der Waals surface area contributed by atoms with E-state index in [0.717, 1.165) is 16.8 Å². The van der Waals surface area contributed by atoms with Crippen molar-refractivity contribution in [1.29, 1.82) is 0 Å². The van der Waals surface area contributed by atoms with Gasteiger partial charge >= 0.3 is 5.97 Å². The summed E-state index contributed by atoms with van der Waals surface area (Å²) < 4.78 is 51.8. The summed E-state index contributed by atoms with van der Waals surface area (Å²) in [6.07, 6.45) is 0.566. The lowest BCUT2D eigenvalue weighted by Gasteiger charge is -2.19. The van der Waals surface area contributed by atoms with E-state index < -0.39 is 28.0 Å². The second-order valence-corrected chi connectivity index (χ2v) is 8.89. The summed E-state index contributed by atoms with van der Waals surface area (Å²) in [5.41, 5.74) is 0.551. The van der Waals surface area contributed by atoms with Crippen LogP contribution in [-0.2, 0) is 16.6 Å². The first-order valence-electron chi connectivity index (χ1n) is 9.43. The zero-order chi connectivity index (χ0) is 24.2. The molecule has 174 valence electrons. The van der Waals surface area contributed by atoms with Crippen molar-refractivity contribution in [1.82, 2.24) is 15.0 Å². The van der Waals surface area contributed by atoms with Crippen LogP contribution in [0.3, 0.4) is 0 Å². The van der Waals surface area contributed by atoms with Crippen molar-refractivity contribution in [3.05, 3.63) is 65.5 Å². The molecule has 33 heavy (non-hydrogen) atoms. The van der Waals surface area contributed by atoms with Crippen LogP contribution < -0.4 is 14.9 Å². The number of sulfonamides is 1. The number of aromatic nitrogens is 3. The molecule has 13 heteroatoms. The monoisotopic (exact) mass is 478 g/mol. The van der Waals surface area contributed by atoms with Crippen LogP contribution in [0.1, 0.15) is 27.9 Å². The van der Waals surface area contributed by atoms with Gasteiger partial charge in [0.05, 0.1) is 17.4 Å². The normalized spacial score (nSPS) is 11.3. The molecule has 3 N–H and O–H groups in total. The summed E-state index contributed by atoms with van der Waals surface area (Å²) in [5.74, 6) is -1.08. The van der Waals surface area contributed by atoms with Gasteiger partial charge in [0.1, 0.15) is 11.6 Å². The third-order valence-corrected chi connectivity index (χ3v) is 5.72. The van der Waals surface area contributed by atoms with Crippen molar-refractivity contribution in [3.63, 3.8) is 0 Å². The lowest BCUT2D eigenvalue weighted by atomic mass is 10.2. The predicted octanol–water partition coefficient (Wildman–Crippen LogP) is 3.26. The van der Waals surface area contributed by atoms with E-state index in [9.17, 15) is 22.0 Å². The van der Waals surface area contributed by atoms with Gasteiger partial charge < -0.3 is 15.7 Å². The molecule has 1 aromatic carbocycles. The summed E-state index contributed by atoms with van der Waals surface area (Å²) >= 11 is 0. The average molecular weight is 478 g/mol. The number of aromatic carboxylic acids is 1. The van der Waals surface area contributed by atoms with Crippen LogP contribution in [-0.4, -0.2) is 47.7 Å². The number of nitrogens with one attached hydrogen (secondary N) is 2. The molecule has 0 aliphatic carbocycles. The second kappa shape index (κ2) is 9.73. The maximum Gasteiger partial charge on any atom is 0.335 e. The number of pyridine rings is 1. The van der Waals surface area contributed by atoms with Gasteiger partial charge in [-0.2, -0.15) is 4.98 Å². The van der Waals surface area contributed by atoms with Crippen LogP contribution >= 0.6 is 0 Å². The molecule has 0 saturated carbocycles. The number of benzene rings is 1. The SMILES string of the molecule is CN(c1ncccc1CNc1nc(Nc2ccc(C(=O)O)cc2)ncc1C(F)F)S(C)(=O)=O. The van der Waals surface area contributed by atoms with Crippen LogP contribution in [0.25, 0.3) is 0 Å². The molecule has 10 nitrogen and oxygen atoms in total. The van der Waals surface area contributed by atoms with Gasteiger partial charge in [0.25, 0.3) is 6.43 Å². The standard InChI is InChI=1S/C20H20F2N6O4S/c1-28(33(2,31)32)18-13(4-3-9-23-18)10-24-17-15(16(21)22)11-25-20(27-17)26-14-7-5-12(6-8-14)19(29)30/h3-9,11,16H,10H2,1-2H3,(H,29,30)(H2,24,25,26,27). The Balaban J connectivity index is 1.85. The van der Waals surface area contributed by atoms with E-state index in [1.54, 1.807) is 12.1 Å². The molecular formula is C20H20F2N6O4S. The van der Waals surface area contributed by atoms with Crippen LogP contribution in [0.5, 0.6) is 0 Å². The van der Waals surface area contributed by atoms with Gasteiger partial charge in [-0.25, -0.2) is 32.0 Å². The highest BCUT2D eigenvalue weighted by molar-refractivity contribution is 7.92. The third-order valence-electron chi connectivity index (χ3n) is 4.55. The topological polar surface area (TPSA) is 137 Å². The van der Waals surface area contributed by atoms with E-state index in [0.29, 0.717) is 11.3 Å². The zero-order valence-electron chi connectivity index (χ0n) is 17.5. The maximum atomic E-state index is 13.5.